The van der Waals surface area contributed by atoms with Crippen LogP contribution < -0.4 is 5.32 Å². The molecule has 1 aliphatic rings. The van der Waals surface area contributed by atoms with Gasteiger partial charge < -0.3 is 15.2 Å². The molecule has 8 heteroatoms. The number of ether oxygens (including phenoxy) is 1. The van der Waals surface area contributed by atoms with Crippen LogP contribution in [0.25, 0.3) is 33.4 Å². The van der Waals surface area contributed by atoms with Crippen LogP contribution in [0.5, 0.6) is 5.88 Å². The largest absolute Gasteiger partial charge is 0.491 e. The van der Waals surface area contributed by atoms with E-state index in [1.807, 2.05) is 36.4 Å². The molecule has 1 unspecified atom stereocenters. The Morgan fingerprint density at radius 1 is 1.13 bits per heavy atom. The third kappa shape index (κ3) is 3.58. The first kappa shape index (κ1) is 18.8. The number of fused-ring (bicyclic) bond motifs is 1. The molecule has 2 aromatic heterocycles. The Morgan fingerprint density at radius 2 is 1.97 bits per heavy atom. The van der Waals surface area contributed by atoms with Gasteiger partial charge in [-0.05, 0) is 18.6 Å². The zero-order valence-corrected chi connectivity index (χ0v) is 16.9. The third-order valence-corrected chi connectivity index (χ3v) is 5.58. The number of anilines is 1. The van der Waals surface area contributed by atoms with Gasteiger partial charge in [0.05, 0.1) is 29.0 Å². The number of halogens is 1. The van der Waals surface area contributed by atoms with Gasteiger partial charge in [0.25, 0.3) is 5.88 Å². The van der Waals surface area contributed by atoms with Gasteiger partial charge in [0, 0.05) is 35.6 Å². The second-order valence-corrected chi connectivity index (χ2v) is 7.77. The van der Waals surface area contributed by atoms with E-state index in [0.717, 1.165) is 35.1 Å². The maximum atomic E-state index is 10.6. The van der Waals surface area contributed by atoms with Crippen LogP contribution in [-0.2, 0) is 4.74 Å². The summed E-state index contributed by atoms with van der Waals surface area (Å²) in [4.78, 5) is 9.25. The normalized spacial score (nSPS) is 16.2. The van der Waals surface area contributed by atoms with Crippen molar-refractivity contribution in [3.05, 3.63) is 53.7 Å². The topological polar surface area (TPSA) is 96.0 Å². The van der Waals surface area contributed by atoms with Crippen molar-refractivity contribution in [2.75, 3.05) is 25.1 Å². The zero-order chi connectivity index (χ0) is 20.5. The van der Waals surface area contributed by atoms with Crippen LogP contribution in [0.1, 0.15) is 6.42 Å². The molecule has 1 atom stereocenters. The monoisotopic (exact) mass is 421 g/mol. The Bertz CT molecular complexity index is 1190. The van der Waals surface area contributed by atoms with Gasteiger partial charge in [-0.25, -0.2) is 9.97 Å². The van der Waals surface area contributed by atoms with Crippen LogP contribution in [0.15, 0.2) is 48.7 Å². The van der Waals surface area contributed by atoms with E-state index in [-0.39, 0.29) is 5.88 Å². The maximum Gasteiger partial charge on any atom is 0.255 e. The Balaban J connectivity index is 1.60. The van der Waals surface area contributed by atoms with E-state index >= 15 is 0 Å². The van der Waals surface area contributed by atoms with Gasteiger partial charge >= 0.3 is 0 Å². The Kier molecular flexibility index (Phi) is 4.98. The van der Waals surface area contributed by atoms with Crippen LogP contribution in [0.3, 0.4) is 0 Å². The van der Waals surface area contributed by atoms with Crippen LogP contribution in [0.2, 0.25) is 5.02 Å². The van der Waals surface area contributed by atoms with Crippen molar-refractivity contribution in [3.63, 3.8) is 0 Å². The summed E-state index contributed by atoms with van der Waals surface area (Å²) in [6.07, 6.45) is 2.70. The fourth-order valence-corrected chi connectivity index (χ4v) is 3.95. The second kappa shape index (κ2) is 7.93. The Hall–Kier alpha value is -3.16. The number of aromatic amines is 1. The lowest BCUT2D eigenvalue weighted by Crippen LogP contribution is -2.15. The molecule has 0 amide bonds. The van der Waals surface area contributed by atoms with Crippen molar-refractivity contribution in [1.82, 2.24) is 20.2 Å². The zero-order valence-electron chi connectivity index (χ0n) is 16.1. The molecule has 3 heterocycles. The second-order valence-electron chi connectivity index (χ2n) is 7.36. The molecule has 1 saturated heterocycles. The lowest BCUT2D eigenvalue weighted by molar-refractivity contribution is 0.187. The molecule has 30 heavy (non-hydrogen) atoms. The number of aromatic hydroxyl groups is 1. The number of nitrogens with one attached hydrogen (secondary N) is 2. The average molecular weight is 422 g/mol. The van der Waals surface area contributed by atoms with Crippen molar-refractivity contribution in [2.45, 2.75) is 6.42 Å². The molecule has 1 fully saturated rings. The van der Waals surface area contributed by atoms with Gasteiger partial charge in [0.2, 0.25) is 0 Å². The number of hydrogen-bond acceptors (Lipinski definition) is 6. The van der Waals surface area contributed by atoms with E-state index < -0.39 is 0 Å². The molecule has 4 aromatic rings. The number of rotatable bonds is 5. The molecule has 152 valence electrons. The summed E-state index contributed by atoms with van der Waals surface area (Å²) in [6.45, 7) is 2.16. The molecule has 0 spiro atoms. The van der Waals surface area contributed by atoms with E-state index in [1.54, 1.807) is 12.3 Å². The van der Waals surface area contributed by atoms with Crippen LogP contribution in [-0.4, -0.2) is 45.0 Å². The van der Waals surface area contributed by atoms with Crippen LogP contribution in [0.4, 0.5) is 5.82 Å². The van der Waals surface area contributed by atoms with Crippen molar-refractivity contribution < 1.29 is 9.84 Å². The maximum absolute atomic E-state index is 10.6. The fraction of sp³-hybridized carbons (Fsp3) is 0.227. The highest BCUT2D eigenvalue weighted by atomic mass is 35.5. The first-order valence-corrected chi connectivity index (χ1v) is 10.2. The minimum absolute atomic E-state index is 0.146. The summed E-state index contributed by atoms with van der Waals surface area (Å²) in [5.41, 5.74) is 3.63. The van der Waals surface area contributed by atoms with Gasteiger partial charge in [-0.15, -0.1) is 0 Å². The average Bonchev–Trinajstić information content (AvgIpc) is 3.45. The molecule has 0 radical (unpaired) electrons. The van der Waals surface area contributed by atoms with E-state index in [9.17, 15) is 5.11 Å². The smallest absolute Gasteiger partial charge is 0.255 e. The first-order chi connectivity index (χ1) is 14.7. The quantitative estimate of drug-likeness (QED) is 0.439. The summed E-state index contributed by atoms with van der Waals surface area (Å²) in [6, 6.07) is 13.5. The predicted molar refractivity (Wildman–Crippen MR) is 117 cm³/mol. The predicted octanol–water partition coefficient (Wildman–Crippen LogP) is 4.49. The summed E-state index contributed by atoms with van der Waals surface area (Å²) in [5.74, 6) is 0.611. The lowest BCUT2D eigenvalue weighted by atomic mass is 10.0. The Labute approximate surface area is 178 Å². The van der Waals surface area contributed by atoms with Gasteiger partial charge in [-0.1, -0.05) is 41.9 Å². The molecule has 1 aliphatic heterocycles. The van der Waals surface area contributed by atoms with Gasteiger partial charge in [-0.2, -0.15) is 5.10 Å². The third-order valence-electron chi connectivity index (χ3n) is 5.28. The number of benzene rings is 2. The van der Waals surface area contributed by atoms with Crippen molar-refractivity contribution >= 4 is 28.3 Å². The van der Waals surface area contributed by atoms with E-state index in [4.69, 9.17) is 21.3 Å². The minimum Gasteiger partial charge on any atom is -0.491 e. The molecule has 0 saturated carbocycles. The molecule has 0 aliphatic carbocycles. The van der Waals surface area contributed by atoms with Crippen LogP contribution in [0, 0.1) is 5.92 Å². The minimum atomic E-state index is -0.146. The molecule has 3 N–H and O–H groups in total. The first-order valence-electron chi connectivity index (χ1n) is 9.80. The molecule has 2 aromatic carbocycles. The lowest BCUT2D eigenvalue weighted by Gasteiger charge is -2.15. The van der Waals surface area contributed by atoms with Gasteiger partial charge in [0.15, 0.2) is 5.82 Å². The van der Waals surface area contributed by atoms with E-state index in [1.165, 1.54) is 0 Å². The number of aromatic nitrogens is 4. The Morgan fingerprint density at radius 3 is 2.77 bits per heavy atom. The highest BCUT2D eigenvalue weighted by Crippen LogP contribution is 2.36. The molecule has 0 bridgehead atoms. The van der Waals surface area contributed by atoms with Gasteiger partial charge in [0.1, 0.15) is 5.69 Å². The summed E-state index contributed by atoms with van der Waals surface area (Å²) in [7, 11) is 0. The molecule has 7 nitrogen and oxygen atoms in total. The van der Waals surface area contributed by atoms with Crippen LogP contribution >= 0.6 is 11.6 Å². The summed E-state index contributed by atoms with van der Waals surface area (Å²) >= 11 is 6.44. The molecule has 5 rings (SSSR count). The number of nitrogens with zero attached hydrogens (tertiary/aromatic N) is 3. The van der Waals surface area contributed by atoms with Crippen molar-refractivity contribution in [2.24, 2.45) is 5.92 Å². The summed E-state index contributed by atoms with van der Waals surface area (Å²) < 4.78 is 5.43. The SMILES string of the molecule is Oc1nc(-c2cc(Cl)c3[nH]ncc3c2)c(-c2ccccc2)nc1NCC1CCOC1. The van der Waals surface area contributed by atoms with Crippen molar-refractivity contribution in [3.8, 4) is 28.4 Å². The highest BCUT2D eigenvalue weighted by Gasteiger charge is 2.20. The standard InChI is InChI=1S/C22H20ClN5O2/c23-17-9-15(8-16-11-25-28-18(16)17)20-19(14-4-2-1-3-5-14)26-21(22(29)27-20)24-10-13-6-7-30-12-13/h1-5,8-9,11,13H,6-7,10,12H2,(H,24,26)(H,25,28)(H,27,29). The number of hydrogen-bond donors (Lipinski definition) is 3. The number of H-pyrrole nitrogens is 1. The molecular weight excluding hydrogens is 402 g/mol. The van der Waals surface area contributed by atoms with E-state index in [2.05, 4.69) is 20.5 Å². The summed E-state index contributed by atoms with van der Waals surface area (Å²) in [5, 5.41) is 22.2. The highest BCUT2D eigenvalue weighted by molar-refractivity contribution is 6.35. The van der Waals surface area contributed by atoms with Crippen molar-refractivity contribution in [1.29, 1.82) is 0 Å². The van der Waals surface area contributed by atoms with E-state index in [0.29, 0.717) is 41.3 Å². The fourth-order valence-electron chi connectivity index (χ4n) is 3.68. The van der Waals surface area contributed by atoms with Gasteiger partial charge in [-0.3, -0.25) is 5.10 Å². The molecular formula is C22H20ClN5O2.